The Hall–Kier alpha value is -3.65. The number of nitro groups is 1. The molecule has 30 heavy (non-hydrogen) atoms. The zero-order valence-corrected chi connectivity index (χ0v) is 17.7. The van der Waals surface area contributed by atoms with E-state index in [0.29, 0.717) is 17.0 Å². The Morgan fingerprint density at radius 1 is 1.27 bits per heavy atom. The van der Waals surface area contributed by atoms with E-state index in [9.17, 15) is 20.2 Å². The number of nitriles is 1. The van der Waals surface area contributed by atoms with E-state index in [1.54, 1.807) is 30.3 Å². The van der Waals surface area contributed by atoms with Crippen LogP contribution < -0.4 is 10.1 Å². The Labute approximate surface area is 185 Å². The van der Waals surface area contributed by atoms with E-state index in [-0.39, 0.29) is 22.8 Å². The van der Waals surface area contributed by atoms with Gasteiger partial charge in [-0.1, -0.05) is 6.07 Å². The molecule has 8 nitrogen and oxygen atoms in total. The van der Waals surface area contributed by atoms with Gasteiger partial charge in [0.2, 0.25) is 0 Å². The third-order valence-corrected chi connectivity index (χ3v) is 4.69. The van der Waals surface area contributed by atoms with Gasteiger partial charge in [-0.05, 0) is 59.0 Å². The molecule has 0 radical (unpaired) electrons. The molecule has 0 saturated carbocycles. The normalized spacial score (nSPS) is 10.9. The number of hydrogen-bond donors (Lipinski definition) is 1. The molecule has 0 fully saturated rings. The smallest absolute Gasteiger partial charge is 0.273 e. The van der Waals surface area contributed by atoms with Crippen LogP contribution in [0.4, 0.5) is 11.4 Å². The Morgan fingerprint density at radius 3 is 2.73 bits per heavy atom. The predicted octanol–water partition coefficient (Wildman–Crippen LogP) is 5.01. The van der Waals surface area contributed by atoms with E-state index < -0.39 is 10.8 Å². The van der Waals surface area contributed by atoms with Gasteiger partial charge in [-0.25, -0.2) is 0 Å². The highest BCUT2D eigenvalue weighted by molar-refractivity contribution is 14.1. The standard InChI is InChI=1S/C21H14IN3O5/c1-29-20-11-16(25(27)28)5-7-18(20)19-8-6-17(30-19)9-13(12-23)21(26)24-15-4-2-3-14(22)10-15/h2-11H,1H3,(H,24,26)/b13-9+. The van der Waals surface area contributed by atoms with Gasteiger partial charge < -0.3 is 14.5 Å². The first-order chi connectivity index (χ1) is 14.4. The van der Waals surface area contributed by atoms with E-state index in [2.05, 4.69) is 27.9 Å². The van der Waals surface area contributed by atoms with Crippen molar-refractivity contribution in [1.29, 1.82) is 5.26 Å². The second-order valence-electron chi connectivity index (χ2n) is 5.98. The minimum absolute atomic E-state index is 0.110. The zero-order valence-electron chi connectivity index (χ0n) is 15.6. The van der Waals surface area contributed by atoms with Crippen LogP contribution in [0.3, 0.4) is 0 Å². The molecule has 0 spiro atoms. The van der Waals surface area contributed by atoms with Crippen LogP contribution in [0.2, 0.25) is 0 Å². The average Bonchev–Trinajstić information content (AvgIpc) is 3.19. The van der Waals surface area contributed by atoms with E-state index >= 15 is 0 Å². The predicted molar refractivity (Wildman–Crippen MR) is 119 cm³/mol. The SMILES string of the molecule is COc1cc([N+](=O)[O-])ccc1-c1ccc(/C=C(\C#N)C(=O)Nc2cccc(I)c2)o1. The summed E-state index contributed by atoms with van der Waals surface area (Å²) in [6.45, 7) is 0. The molecule has 1 N–H and O–H groups in total. The second-order valence-corrected chi connectivity index (χ2v) is 7.22. The molecule has 9 heteroatoms. The molecule has 0 unspecified atom stereocenters. The van der Waals surface area contributed by atoms with Crippen LogP contribution >= 0.6 is 22.6 Å². The van der Waals surface area contributed by atoms with E-state index in [1.165, 1.54) is 31.4 Å². The number of amides is 1. The number of nitro benzene ring substituents is 1. The molecule has 3 rings (SSSR count). The van der Waals surface area contributed by atoms with Crippen molar-refractivity contribution in [3.8, 4) is 23.1 Å². The summed E-state index contributed by atoms with van der Waals surface area (Å²) in [5.41, 5.74) is 0.833. The molecule has 0 aliphatic carbocycles. The number of nitrogens with zero attached hydrogens (tertiary/aromatic N) is 2. The highest BCUT2D eigenvalue weighted by Crippen LogP contribution is 2.34. The minimum atomic E-state index is -0.564. The fourth-order valence-corrected chi connectivity index (χ4v) is 3.17. The van der Waals surface area contributed by atoms with Crippen molar-refractivity contribution in [3.05, 3.63) is 79.6 Å². The molecule has 3 aromatic rings. The lowest BCUT2D eigenvalue weighted by atomic mass is 10.1. The molecule has 0 bridgehead atoms. The van der Waals surface area contributed by atoms with Crippen LogP contribution in [0.25, 0.3) is 17.4 Å². The molecule has 150 valence electrons. The second kappa shape index (κ2) is 9.23. The number of carbonyl (C=O) groups excluding carboxylic acids is 1. The van der Waals surface area contributed by atoms with Gasteiger partial charge in [-0.3, -0.25) is 14.9 Å². The van der Waals surface area contributed by atoms with Crippen LogP contribution in [0.15, 0.2) is 64.6 Å². The van der Waals surface area contributed by atoms with Crippen LogP contribution in [-0.4, -0.2) is 17.9 Å². The number of hydrogen-bond acceptors (Lipinski definition) is 6. The highest BCUT2D eigenvalue weighted by Gasteiger charge is 2.16. The van der Waals surface area contributed by atoms with Crippen molar-refractivity contribution in [2.75, 3.05) is 12.4 Å². The molecular formula is C21H14IN3O5. The van der Waals surface area contributed by atoms with Gasteiger partial charge >= 0.3 is 0 Å². The van der Waals surface area contributed by atoms with Crippen LogP contribution in [-0.2, 0) is 4.79 Å². The Bertz CT molecular complexity index is 1190. The van der Waals surface area contributed by atoms with E-state index in [4.69, 9.17) is 9.15 Å². The van der Waals surface area contributed by atoms with Gasteiger partial charge in [0.05, 0.1) is 23.7 Å². The number of benzene rings is 2. The molecule has 0 saturated heterocycles. The summed E-state index contributed by atoms with van der Waals surface area (Å²) in [4.78, 5) is 22.8. The molecule has 1 amide bonds. The van der Waals surface area contributed by atoms with Crippen molar-refractivity contribution in [3.63, 3.8) is 0 Å². The maximum Gasteiger partial charge on any atom is 0.273 e. The molecule has 0 aliphatic heterocycles. The van der Waals surface area contributed by atoms with Crippen molar-refractivity contribution in [2.24, 2.45) is 0 Å². The fourth-order valence-electron chi connectivity index (χ4n) is 2.63. The van der Waals surface area contributed by atoms with Gasteiger partial charge in [0.1, 0.15) is 28.9 Å². The van der Waals surface area contributed by atoms with Crippen LogP contribution in [0, 0.1) is 25.0 Å². The molecule has 0 aliphatic rings. The van der Waals surface area contributed by atoms with Gasteiger partial charge in [-0.15, -0.1) is 0 Å². The third-order valence-electron chi connectivity index (χ3n) is 4.02. The summed E-state index contributed by atoms with van der Waals surface area (Å²) < 4.78 is 11.9. The number of halogens is 1. The number of furan rings is 1. The Kier molecular flexibility index (Phi) is 6.48. The summed E-state index contributed by atoms with van der Waals surface area (Å²) in [5, 5.41) is 23.0. The first kappa shape index (κ1) is 21.1. The lowest BCUT2D eigenvalue weighted by Gasteiger charge is -2.06. The van der Waals surface area contributed by atoms with Crippen LogP contribution in [0.5, 0.6) is 5.75 Å². The number of ether oxygens (including phenoxy) is 1. The summed E-state index contributed by atoms with van der Waals surface area (Å²) in [7, 11) is 1.40. The van der Waals surface area contributed by atoms with Crippen molar-refractivity contribution < 1.29 is 18.9 Å². The quantitative estimate of drug-likeness (QED) is 0.162. The monoisotopic (exact) mass is 515 g/mol. The Morgan fingerprint density at radius 2 is 2.07 bits per heavy atom. The number of non-ortho nitro benzene ring substituents is 1. The molecule has 1 heterocycles. The number of anilines is 1. The Balaban J connectivity index is 1.86. The fraction of sp³-hybridized carbons (Fsp3) is 0.0476. The minimum Gasteiger partial charge on any atom is -0.496 e. The van der Waals surface area contributed by atoms with Gasteiger partial charge in [0.25, 0.3) is 11.6 Å². The van der Waals surface area contributed by atoms with Gasteiger partial charge in [0, 0.05) is 21.4 Å². The van der Waals surface area contributed by atoms with Crippen LogP contribution in [0.1, 0.15) is 5.76 Å². The van der Waals surface area contributed by atoms with E-state index in [0.717, 1.165) is 3.57 Å². The topological polar surface area (TPSA) is 118 Å². The lowest BCUT2D eigenvalue weighted by Crippen LogP contribution is -2.13. The van der Waals surface area contributed by atoms with E-state index in [1.807, 2.05) is 12.1 Å². The zero-order chi connectivity index (χ0) is 21.7. The lowest BCUT2D eigenvalue weighted by molar-refractivity contribution is -0.384. The number of rotatable bonds is 6. The van der Waals surface area contributed by atoms with Gasteiger partial charge in [0.15, 0.2) is 0 Å². The van der Waals surface area contributed by atoms with Gasteiger partial charge in [-0.2, -0.15) is 5.26 Å². The largest absolute Gasteiger partial charge is 0.496 e. The highest BCUT2D eigenvalue weighted by atomic mass is 127. The molecule has 2 aromatic carbocycles. The molecular weight excluding hydrogens is 501 g/mol. The first-order valence-electron chi connectivity index (χ1n) is 8.52. The summed E-state index contributed by atoms with van der Waals surface area (Å²) in [6, 6.07) is 16.4. The third kappa shape index (κ3) is 4.84. The molecule has 1 aromatic heterocycles. The van der Waals surface area contributed by atoms with Crippen molar-refractivity contribution in [1.82, 2.24) is 0 Å². The number of nitrogens with one attached hydrogen (secondary N) is 1. The summed E-state index contributed by atoms with van der Waals surface area (Å²) in [6.07, 6.45) is 1.32. The average molecular weight is 515 g/mol. The number of carbonyl (C=O) groups is 1. The van der Waals surface area contributed by atoms with Crippen molar-refractivity contribution >= 4 is 45.9 Å². The maximum atomic E-state index is 12.4. The first-order valence-corrected chi connectivity index (χ1v) is 9.60. The number of methoxy groups -OCH3 is 1. The maximum absolute atomic E-state index is 12.4. The molecule has 0 atom stereocenters. The summed E-state index contributed by atoms with van der Waals surface area (Å²) >= 11 is 2.12. The summed E-state index contributed by atoms with van der Waals surface area (Å²) in [5.74, 6) is 0.361. The van der Waals surface area contributed by atoms with Crippen molar-refractivity contribution in [2.45, 2.75) is 0 Å².